The summed E-state index contributed by atoms with van der Waals surface area (Å²) >= 11 is 0. The highest BCUT2D eigenvalue weighted by molar-refractivity contribution is 5.33. The Balaban J connectivity index is 2.40. The molecular formula is C15H22O. The Labute approximate surface area is 98.5 Å². The van der Waals surface area contributed by atoms with E-state index in [9.17, 15) is 5.11 Å². The molecule has 2 rings (SSSR count). The second-order valence-electron chi connectivity index (χ2n) is 5.45. The predicted molar refractivity (Wildman–Crippen MR) is 67.4 cm³/mol. The zero-order chi connectivity index (χ0) is 11.8. The Morgan fingerprint density at radius 1 is 1.12 bits per heavy atom. The number of hydrogen-bond acceptors (Lipinski definition) is 1. The molecule has 0 heterocycles. The first-order chi connectivity index (χ1) is 7.52. The van der Waals surface area contributed by atoms with Crippen LogP contribution in [0, 0.1) is 19.8 Å². The molecule has 2 atom stereocenters. The molecule has 0 saturated heterocycles. The Hall–Kier alpha value is -0.820. The van der Waals surface area contributed by atoms with Crippen LogP contribution in [0.4, 0.5) is 0 Å². The summed E-state index contributed by atoms with van der Waals surface area (Å²) in [6.45, 7) is 6.39. The highest BCUT2D eigenvalue weighted by atomic mass is 16.3. The van der Waals surface area contributed by atoms with Gasteiger partial charge in [-0.2, -0.15) is 0 Å². The number of aryl methyl sites for hydroxylation is 2. The maximum absolute atomic E-state index is 10.9. The van der Waals surface area contributed by atoms with Crippen LogP contribution >= 0.6 is 0 Å². The van der Waals surface area contributed by atoms with Crippen molar-refractivity contribution >= 4 is 0 Å². The van der Waals surface area contributed by atoms with Crippen LogP contribution in [-0.2, 0) is 5.60 Å². The molecule has 1 nitrogen and oxygen atoms in total. The number of hydrogen-bond donors (Lipinski definition) is 1. The maximum Gasteiger partial charge on any atom is 0.0922 e. The third kappa shape index (κ3) is 2.01. The summed E-state index contributed by atoms with van der Waals surface area (Å²) in [6.07, 6.45) is 4.46. The van der Waals surface area contributed by atoms with Gasteiger partial charge in [-0.3, -0.25) is 0 Å². The van der Waals surface area contributed by atoms with Crippen LogP contribution in [0.15, 0.2) is 18.2 Å². The molecule has 0 bridgehead atoms. The second kappa shape index (κ2) is 4.21. The van der Waals surface area contributed by atoms with Crippen LogP contribution in [0.3, 0.4) is 0 Å². The smallest absolute Gasteiger partial charge is 0.0922 e. The van der Waals surface area contributed by atoms with Crippen LogP contribution < -0.4 is 0 Å². The minimum absolute atomic E-state index is 0.377. The van der Waals surface area contributed by atoms with E-state index in [1.54, 1.807) is 0 Å². The maximum atomic E-state index is 10.9. The lowest BCUT2D eigenvalue weighted by Gasteiger charge is -2.39. The molecule has 2 unspecified atom stereocenters. The fourth-order valence-corrected chi connectivity index (χ4v) is 2.98. The average Bonchev–Trinajstić information content (AvgIpc) is 2.21. The first-order valence-corrected chi connectivity index (χ1v) is 6.33. The largest absolute Gasteiger partial charge is 0.385 e. The van der Waals surface area contributed by atoms with Gasteiger partial charge < -0.3 is 5.11 Å². The number of rotatable bonds is 1. The lowest BCUT2D eigenvalue weighted by atomic mass is 9.72. The van der Waals surface area contributed by atoms with E-state index in [0.717, 1.165) is 24.8 Å². The van der Waals surface area contributed by atoms with E-state index in [1.165, 1.54) is 17.5 Å². The molecule has 1 N–H and O–H groups in total. The molecule has 0 aromatic heterocycles. The minimum Gasteiger partial charge on any atom is -0.385 e. The second-order valence-corrected chi connectivity index (χ2v) is 5.45. The Bertz CT molecular complexity index is 363. The van der Waals surface area contributed by atoms with Crippen molar-refractivity contribution in [2.24, 2.45) is 5.92 Å². The van der Waals surface area contributed by atoms with E-state index >= 15 is 0 Å². The topological polar surface area (TPSA) is 20.2 Å². The average molecular weight is 218 g/mol. The van der Waals surface area contributed by atoms with Gasteiger partial charge in [-0.15, -0.1) is 0 Å². The normalized spacial score (nSPS) is 30.4. The van der Waals surface area contributed by atoms with Gasteiger partial charge in [-0.25, -0.2) is 0 Å². The van der Waals surface area contributed by atoms with Crippen LogP contribution in [0.25, 0.3) is 0 Å². The molecule has 1 aliphatic rings. The van der Waals surface area contributed by atoms with E-state index in [0.29, 0.717) is 5.92 Å². The van der Waals surface area contributed by atoms with E-state index < -0.39 is 5.60 Å². The lowest BCUT2D eigenvalue weighted by molar-refractivity contribution is -0.0470. The van der Waals surface area contributed by atoms with Crippen LogP contribution in [-0.4, -0.2) is 5.11 Å². The molecule has 1 saturated carbocycles. The van der Waals surface area contributed by atoms with Crippen LogP contribution in [0.5, 0.6) is 0 Å². The Kier molecular flexibility index (Phi) is 3.07. The van der Waals surface area contributed by atoms with Crippen molar-refractivity contribution in [3.8, 4) is 0 Å². The number of aliphatic hydroxyl groups is 1. The molecular weight excluding hydrogens is 196 g/mol. The third-order valence-electron chi connectivity index (χ3n) is 3.98. The molecule has 1 aromatic carbocycles. The van der Waals surface area contributed by atoms with Gasteiger partial charge in [-0.1, -0.05) is 49.1 Å². The molecule has 16 heavy (non-hydrogen) atoms. The van der Waals surface area contributed by atoms with Gasteiger partial charge in [0.05, 0.1) is 5.60 Å². The monoisotopic (exact) mass is 218 g/mol. The first kappa shape index (κ1) is 11.7. The van der Waals surface area contributed by atoms with Gasteiger partial charge in [0.1, 0.15) is 0 Å². The lowest BCUT2D eigenvalue weighted by Crippen LogP contribution is -2.36. The SMILES string of the molecule is Cc1cc(C)cc(C2(O)CCCCC2C)c1. The van der Waals surface area contributed by atoms with Crippen molar-refractivity contribution in [1.82, 2.24) is 0 Å². The van der Waals surface area contributed by atoms with Gasteiger partial charge in [-0.05, 0) is 38.2 Å². The van der Waals surface area contributed by atoms with E-state index in [1.807, 2.05) is 0 Å². The zero-order valence-corrected chi connectivity index (χ0v) is 10.6. The molecule has 0 radical (unpaired) electrons. The highest BCUT2D eigenvalue weighted by Gasteiger charge is 2.37. The zero-order valence-electron chi connectivity index (χ0n) is 10.6. The molecule has 0 amide bonds. The first-order valence-electron chi connectivity index (χ1n) is 6.33. The van der Waals surface area contributed by atoms with Crippen LogP contribution in [0.1, 0.15) is 49.3 Å². The van der Waals surface area contributed by atoms with Gasteiger partial charge >= 0.3 is 0 Å². The summed E-state index contributed by atoms with van der Waals surface area (Å²) < 4.78 is 0. The highest BCUT2D eigenvalue weighted by Crippen LogP contribution is 2.41. The molecule has 88 valence electrons. The summed E-state index contributed by atoms with van der Waals surface area (Å²) in [5, 5.41) is 10.9. The van der Waals surface area contributed by atoms with Crippen molar-refractivity contribution in [2.45, 2.75) is 52.1 Å². The van der Waals surface area contributed by atoms with Gasteiger partial charge in [0.15, 0.2) is 0 Å². The summed E-state index contributed by atoms with van der Waals surface area (Å²) in [6, 6.07) is 6.46. The van der Waals surface area contributed by atoms with E-state index in [2.05, 4.69) is 39.0 Å². The van der Waals surface area contributed by atoms with Crippen molar-refractivity contribution in [3.63, 3.8) is 0 Å². The quantitative estimate of drug-likeness (QED) is 0.762. The summed E-state index contributed by atoms with van der Waals surface area (Å²) in [5.41, 5.74) is 3.04. The van der Waals surface area contributed by atoms with Crippen LogP contribution in [0.2, 0.25) is 0 Å². The Morgan fingerprint density at radius 3 is 2.31 bits per heavy atom. The van der Waals surface area contributed by atoms with Crippen molar-refractivity contribution < 1.29 is 5.11 Å². The third-order valence-corrected chi connectivity index (χ3v) is 3.98. The van der Waals surface area contributed by atoms with Crippen molar-refractivity contribution in [2.75, 3.05) is 0 Å². The number of benzene rings is 1. The molecule has 0 spiro atoms. The Morgan fingerprint density at radius 2 is 1.75 bits per heavy atom. The van der Waals surface area contributed by atoms with Crippen molar-refractivity contribution in [3.05, 3.63) is 34.9 Å². The van der Waals surface area contributed by atoms with Crippen molar-refractivity contribution in [1.29, 1.82) is 0 Å². The van der Waals surface area contributed by atoms with Gasteiger partial charge in [0.2, 0.25) is 0 Å². The molecule has 1 aromatic rings. The molecule has 0 aliphatic heterocycles. The molecule has 1 aliphatic carbocycles. The van der Waals surface area contributed by atoms with E-state index in [4.69, 9.17) is 0 Å². The van der Waals surface area contributed by atoms with Gasteiger partial charge in [0.25, 0.3) is 0 Å². The van der Waals surface area contributed by atoms with E-state index in [-0.39, 0.29) is 0 Å². The predicted octanol–water partition coefficient (Wildman–Crippen LogP) is 3.70. The minimum atomic E-state index is -0.588. The standard InChI is InChI=1S/C15H22O/c1-11-8-12(2)10-14(9-11)15(16)7-5-4-6-13(15)3/h8-10,13,16H,4-7H2,1-3H3. The summed E-state index contributed by atoms with van der Waals surface area (Å²) in [5.74, 6) is 0.377. The fourth-order valence-electron chi connectivity index (χ4n) is 2.98. The summed E-state index contributed by atoms with van der Waals surface area (Å²) in [4.78, 5) is 0. The molecule has 1 heteroatoms. The molecule has 1 fully saturated rings. The fraction of sp³-hybridized carbons (Fsp3) is 0.600. The summed E-state index contributed by atoms with van der Waals surface area (Å²) in [7, 11) is 0. The van der Waals surface area contributed by atoms with Gasteiger partial charge in [0, 0.05) is 0 Å².